The van der Waals surface area contributed by atoms with Gasteiger partial charge in [-0.3, -0.25) is 4.79 Å². The predicted molar refractivity (Wildman–Crippen MR) is 47.8 cm³/mol. The van der Waals surface area contributed by atoms with E-state index in [0.717, 1.165) is 30.7 Å². The van der Waals surface area contributed by atoms with Crippen LogP contribution in [0.25, 0.3) is 0 Å². The van der Waals surface area contributed by atoms with Crippen LogP contribution < -0.4 is 0 Å². The molecule has 0 aliphatic carbocycles. The maximum atomic E-state index is 10.4. The van der Waals surface area contributed by atoms with E-state index in [-0.39, 0.29) is 5.60 Å². The van der Waals surface area contributed by atoms with Gasteiger partial charge in [-0.25, -0.2) is 0 Å². The molecule has 1 saturated heterocycles. The zero-order chi connectivity index (χ0) is 9.31. The van der Waals surface area contributed by atoms with Gasteiger partial charge in [-0.2, -0.15) is 0 Å². The number of hydrogen-bond donors (Lipinski definition) is 0. The lowest BCUT2D eigenvalue weighted by molar-refractivity contribution is 0.0161. The first kappa shape index (κ1) is 8.77. The number of aldehydes is 1. The molecule has 1 aromatic heterocycles. The lowest BCUT2D eigenvalue weighted by atomic mass is 10.0. The summed E-state index contributed by atoms with van der Waals surface area (Å²) in [6.07, 6.45) is 2.73. The fourth-order valence-corrected chi connectivity index (χ4v) is 2.23. The van der Waals surface area contributed by atoms with Gasteiger partial charge < -0.3 is 4.74 Å². The minimum Gasteiger partial charge on any atom is -0.368 e. The van der Waals surface area contributed by atoms with Crippen LogP contribution in [0.4, 0.5) is 0 Å². The average molecular weight is 198 g/mol. The number of ether oxygens (including phenoxy) is 1. The smallest absolute Gasteiger partial charge is 0.180 e. The third-order valence-corrected chi connectivity index (χ3v) is 3.31. The summed E-state index contributed by atoms with van der Waals surface area (Å²) >= 11 is 1.31. The van der Waals surface area contributed by atoms with Crippen molar-refractivity contribution in [1.82, 2.24) is 10.2 Å². The molecule has 2 rings (SSSR count). The monoisotopic (exact) mass is 198 g/mol. The second kappa shape index (κ2) is 3.16. The zero-order valence-electron chi connectivity index (χ0n) is 7.32. The largest absolute Gasteiger partial charge is 0.368 e. The molecule has 0 N–H and O–H groups in total. The molecule has 1 unspecified atom stereocenters. The molecule has 0 radical (unpaired) electrons. The van der Waals surface area contributed by atoms with Gasteiger partial charge in [-0.15, -0.1) is 10.2 Å². The normalized spacial score (nSPS) is 27.8. The second-order valence-corrected chi connectivity index (χ2v) is 4.26. The highest BCUT2D eigenvalue weighted by Crippen LogP contribution is 2.36. The first-order valence-electron chi connectivity index (χ1n) is 4.18. The molecule has 0 amide bonds. The molecule has 70 valence electrons. The van der Waals surface area contributed by atoms with Gasteiger partial charge >= 0.3 is 0 Å². The Morgan fingerprint density at radius 1 is 1.62 bits per heavy atom. The predicted octanol–water partition coefficient (Wildman–Crippen LogP) is 1.38. The average Bonchev–Trinajstić information content (AvgIpc) is 2.72. The lowest BCUT2D eigenvalue weighted by Crippen LogP contribution is -2.19. The number of carbonyl (C=O) groups is 1. The molecule has 0 spiro atoms. The van der Waals surface area contributed by atoms with Crippen LogP contribution in [0.3, 0.4) is 0 Å². The van der Waals surface area contributed by atoms with Crippen molar-refractivity contribution in [2.24, 2.45) is 0 Å². The highest BCUT2D eigenvalue weighted by molar-refractivity contribution is 7.13. The summed E-state index contributed by atoms with van der Waals surface area (Å²) in [7, 11) is 0. The molecular formula is C8H10N2O2S. The minimum absolute atomic E-state index is 0.307. The van der Waals surface area contributed by atoms with Crippen LogP contribution in [0.1, 0.15) is 34.6 Å². The van der Waals surface area contributed by atoms with Crippen LogP contribution >= 0.6 is 11.3 Å². The molecular weight excluding hydrogens is 188 g/mol. The van der Waals surface area contributed by atoms with E-state index in [1.54, 1.807) is 0 Å². The fraction of sp³-hybridized carbons (Fsp3) is 0.625. The van der Waals surface area contributed by atoms with Crippen molar-refractivity contribution in [2.75, 3.05) is 6.61 Å². The van der Waals surface area contributed by atoms with Crippen LogP contribution in [0.2, 0.25) is 0 Å². The summed E-state index contributed by atoms with van der Waals surface area (Å²) in [6.45, 7) is 2.77. The SMILES string of the molecule is CC1(c2nnc(C=O)s2)CCCO1. The highest BCUT2D eigenvalue weighted by Gasteiger charge is 2.35. The summed E-state index contributed by atoms with van der Waals surface area (Å²) in [6, 6.07) is 0. The van der Waals surface area contributed by atoms with Crippen molar-refractivity contribution in [3.8, 4) is 0 Å². The Morgan fingerprint density at radius 3 is 3.00 bits per heavy atom. The fourth-order valence-electron chi connectivity index (χ4n) is 1.44. The Hall–Kier alpha value is -0.810. The van der Waals surface area contributed by atoms with Crippen molar-refractivity contribution in [1.29, 1.82) is 0 Å². The third-order valence-electron chi connectivity index (χ3n) is 2.21. The Labute approximate surface area is 79.9 Å². The van der Waals surface area contributed by atoms with Gasteiger partial charge in [0.2, 0.25) is 0 Å². The third kappa shape index (κ3) is 1.49. The number of nitrogens with zero attached hydrogens (tertiary/aromatic N) is 2. The van der Waals surface area contributed by atoms with E-state index >= 15 is 0 Å². The molecule has 2 heterocycles. The van der Waals surface area contributed by atoms with Gasteiger partial charge in [0.25, 0.3) is 0 Å². The first-order chi connectivity index (χ1) is 6.24. The topological polar surface area (TPSA) is 52.1 Å². The van der Waals surface area contributed by atoms with Gasteiger partial charge in [0.15, 0.2) is 11.3 Å². The van der Waals surface area contributed by atoms with E-state index < -0.39 is 0 Å². The zero-order valence-corrected chi connectivity index (χ0v) is 8.13. The molecule has 1 aliphatic heterocycles. The second-order valence-electron chi connectivity index (χ2n) is 3.25. The number of rotatable bonds is 2. The molecule has 5 heteroatoms. The Kier molecular flexibility index (Phi) is 2.13. The Bertz CT molecular complexity index is 318. The van der Waals surface area contributed by atoms with Gasteiger partial charge in [-0.05, 0) is 19.8 Å². The minimum atomic E-state index is -0.307. The number of hydrogen-bond acceptors (Lipinski definition) is 5. The van der Waals surface area contributed by atoms with Gasteiger partial charge in [-0.1, -0.05) is 11.3 Å². The maximum absolute atomic E-state index is 10.4. The van der Waals surface area contributed by atoms with E-state index in [1.165, 1.54) is 11.3 Å². The van der Waals surface area contributed by atoms with Gasteiger partial charge in [0, 0.05) is 6.61 Å². The van der Waals surface area contributed by atoms with Crippen LogP contribution in [-0.2, 0) is 10.3 Å². The summed E-state index contributed by atoms with van der Waals surface area (Å²) in [5.74, 6) is 0. The summed E-state index contributed by atoms with van der Waals surface area (Å²) in [4.78, 5) is 10.4. The van der Waals surface area contributed by atoms with E-state index in [0.29, 0.717) is 5.01 Å². The van der Waals surface area contributed by atoms with Crippen molar-refractivity contribution >= 4 is 17.6 Å². The number of carbonyl (C=O) groups excluding carboxylic acids is 1. The summed E-state index contributed by atoms with van der Waals surface area (Å²) < 4.78 is 5.58. The van der Waals surface area contributed by atoms with E-state index in [2.05, 4.69) is 10.2 Å². The molecule has 0 aromatic carbocycles. The highest BCUT2D eigenvalue weighted by atomic mass is 32.1. The molecule has 1 atom stereocenters. The Morgan fingerprint density at radius 2 is 2.46 bits per heavy atom. The van der Waals surface area contributed by atoms with Crippen LogP contribution in [0.15, 0.2) is 0 Å². The van der Waals surface area contributed by atoms with Crippen molar-refractivity contribution in [3.05, 3.63) is 10.0 Å². The molecule has 1 fully saturated rings. The molecule has 0 saturated carbocycles. The summed E-state index contributed by atoms with van der Waals surface area (Å²) in [5, 5.41) is 8.93. The van der Waals surface area contributed by atoms with Crippen molar-refractivity contribution in [3.63, 3.8) is 0 Å². The molecule has 4 nitrogen and oxygen atoms in total. The first-order valence-corrected chi connectivity index (χ1v) is 4.99. The Balaban J connectivity index is 2.28. The number of aromatic nitrogens is 2. The van der Waals surface area contributed by atoms with E-state index in [9.17, 15) is 4.79 Å². The van der Waals surface area contributed by atoms with Gasteiger partial charge in [0.05, 0.1) is 0 Å². The van der Waals surface area contributed by atoms with Crippen LogP contribution in [0, 0.1) is 0 Å². The standard InChI is InChI=1S/C8H10N2O2S/c1-8(3-2-4-12-8)7-10-9-6(5-11)13-7/h5H,2-4H2,1H3. The molecule has 0 bridgehead atoms. The molecule has 13 heavy (non-hydrogen) atoms. The van der Waals surface area contributed by atoms with Crippen LogP contribution in [0.5, 0.6) is 0 Å². The molecule has 1 aromatic rings. The molecule has 1 aliphatic rings. The van der Waals surface area contributed by atoms with Crippen molar-refractivity contribution in [2.45, 2.75) is 25.4 Å². The summed E-state index contributed by atoms with van der Waals surface area (Å²) in [5.41, 5.74) is -0.307. The van der Waals surface area contributed by atoms with E-state index in [1.807, 2.05) is 6.92 Å². The van der Waals surface area contributed by atoms with Gasteiger partial charge in [0.1, 0.15) is 10.6 Å². The van der Waals surface area contributed by atoms with Crippen LogP contribution in [-0.4, -0.2) is 23.1 Å². The lowest BCUT2D eigenvalue weighted by Gasteiger charge is -2.18. The quantitative estimate of drug-likeness (QED) is 0.673. The van der Waals surface area contributed by atoms with Crippen molar-refractivity contribution < 1.29 is 9.53 Å². The maximum Gasteiger partial charge on any atom is 0.180 e. The van der Waals surface area contributed by atoms with E-state index in [4.69, 9.17) is 4.74 Å².